The molecule has 0 aliphatic carbocycles. The van der Waals surface area contributed by atoms with Gasteiger partial charge in [0.05, 0.1) is 17.4 Å². The van der Waals surface area contributed by atoms with Crippen LogP contribution in [0.1, 0.15) is 10.0 Å². The minimum absolute atomic E-state index is 0.185. The molecule has 0 saturated carbocycles. The first-order chi connectivity index (χ1) is 12.6. The van der Waals surface area contributed by atoms with Crippen molar-refractivity contribution in [3.05, 3.63) is 44.7 Å². The lowest BCUT2D eigenvalue weighted by molar-refractivity contribution is 0.641. The second kappa shape index (κ2) is 6.42. The van der Waals surface area contributed by atoms with E-state index in [1.165, 1.54) is 40.0 Å². The molecule has 0 aliphatic heterocycles. The summed E-state index contributed by atoms with van der Waals surface area (Å²) in [5.74, 6) is 0. The fourth-order valence-electron chi connectivity index (χ4n) is 2.76. The Morgan fingerprint density at radius 1 is 1.42 bits per heavy atom. The summed E-state index contributed by atoms with van der Waals surface area (Å²) in [5.41, 5.74) is 7.54. The fourth-order valence-corrected chi connectivity index (χ4v) is 4.39. The minimum Gasteiger partial charge on any atom is -0.402 e. The highest BCUT2D eigenvalue weighted by molar-refractivity contribution is 7.19. The average molecular weight is 386 g/mol. The first kappa shape index (κ1) is 16.5. The van der Waals surface area contributed by atoms with Gasteiger partial charge < -0.3 is 15.7 Å². The molecule has 132 valence electrons. The van der Waals surface area contributed by atoms with Gasteiger partial charge in [-0.1, -0.05) is 0 Å². The molecule has 3 N–H and O–H groups in total. The van der Waals surface area contributed by atoms with Gasteiger partial charge >= 0.3 is 0 Å². The summed E-state index contributed by atoms with van der Waals surface area (Å²) in [7, 11) is 1.82. The lowest BCUT2D eigenvalue weighted by Crippen LogP contribution is -2.24. The first-order valence-electron chi connectivity index (χ1n) is 7.63. The number of nitrogens with one attached hydrogen (secondary N) is 1. The minimum atomic E-state index is -0.185. The third kappa shape index (κ3) is 2.70. The molecule has 11 heteroatoms. The van der Waals surface area contributed by atoms with Gasteiger partial charge in [-0.15, -0.1) is 11.3 Å². The quantitative estimate of drug-likeness (QED) is 0.497. The maximum absolute atomic E-state index is 12.8. The van der Waals surface area contributed by atoms with Crippen LogP contribution in [0.5, 0.6) is 0 Å². The van der Waals surface area contributed by atoms with Gasteiger partial charge in [0.15, 0.2) is 5.65 Å². The smallest absolute Gasteiger partial charge is 0.291 e. The highest BCUT2D eigenvalue weighted by atomic mass is 32.1. The Labute approximate surface area is 155 Å². The molecule has 0 radical (unpaired) electrons. The van der Waals surface area contributed by atoms with Crippen molar-refractivity contribution >= 4 is 50.3 Å². The van der Waals surface area contributed by atoms with Crippen LogP contribution in [-0.2, 0) is 20.0 Å². The zero-order valence-electron chi connectivity index (χ0n) is 13.7. The van der Waals surface area contributed by atoms with Crippen LogP contribution in [0.2, 0.25) is 0 Å². The van der Waals surface area contributed by atoms with Crippen LogP contribution in [-0.4, -0.2) is 34.9 Å². The predicted octanol–water partition coefficient (Wildman–Crippen LogP) is 1.28. The summed E-state index contributed by atoms with van der Waals surface area (Å²) >= 11 is 2.73. The first-order valence-corrected chi connectivity index (χ1v) is 9.22. The van der Waals surface area contributed by atoms with E-state index < -0.39 is 0 Å². The van der Waals surface area contributed by atoms with E-state index in [-0.39, 0.29) is 5.56 Å². The molecule has 0 amide bonds. The molecule has 0 unspecified atom stereocenters. The Morgan fingerprint density at radius 2 is 2.27 bits per heavy atom. The monoisotopic (exact) mass is 386 g/mol. The number of hydrogen-bond acceptors (Lipinski definition) is 9. The molecule has 4 aromatic rings. The Kier molecular flexibility index (Phi) is 4.09. The number of thiazole rings is 1. The van der Waals surface area contributed by atoms with E-state index in [2.05, 4.69) is 19.4 Å². The molecular formula is C15H14N8OS2. The van der Waals surface area contributed by atoms with Crippen molar-refractivity contribution in [2.24, 2.45) is 12.8 Å². The van der Waals surface area contributed by atoms with E-state index in [1.54, 1.807) is 10.8 Å². The van der Waals surface area contributed by atoms with E-state index in [0.717, 1.165) is 32.0 Å². The molecular weight excluding hydrogens is 372 g/mol. The Bertz CT molecular complexity index is 1200. The number of aromatic nitrogens is 6. The van der Waals surface area contributed by atoms with Crippen LogP contribution in [0.15, 0.2) is 29.1 Å². The van der Waals surface area contributed by atoms with Crippen LogP contribution in [0, 0.1) is 5.41 Å². The number of nitrogens with two attached hydrogens (primary N) is 1. The van der Waals surface area contributed by atoms with Crippen molar-refractivity contribution < 1.29 is 0 Å². The number of allylic oxidation sites excluding steroid dienone is 2. The van der Waals surface area contributed by atoms with Gasteiger partial charge in [0, 0.05) is 30.8 Å². The number of hydrogen-bond donors (Lipinski definition) is 2. The molecule has 9 nitrogen and oxygen atoms in total. The third-order valence-corrected chi connectivity index (χ3v) is 5.64. The topological polar surface area (TPSA) is 128 Å². The second-order valence-corrected chi connectivity index (χ2v) is 7.56. The Morgan fingerprint density at radius 3 is 3.00 bits per heavy atom. The molecule has 0 aliphatic rings. The molecule has 4 rings (SSSR count). The number of rotatable bonds is 5. The highest BCUT2D eigenvalue weighted by Gasteiger charge is 2.18. The predicted molar refractivity (Wildman–Crippen MR) is 102 cm³/mol. The van der Waals surface area contributed by atoms with Gasteiger partial charge in [-0.3, -0.25) is 4.79 Å². The van der Waals surface area contributed by atoms with Crippen molar-refractivity contribution in [3.8, 4) is 0 Å². The Balaban J connectivity index is 1.81. The van der Waals surface area contributed by atoms with Crippen LogP contribution in [0.3, 0.4) is 0 Å². The zero-order valence-corrected chi connectivity index (χ0v) is 15.3. The summed E-state index contributed by atoms with van der Waals surface area (Å²) in [6.45, 7) is 0.294. The van der Waals surface area contributed by atoms with Crippen molar-refractivity contribution in [1.29, 1.82) is 5.41 Å². The van der Waals surface area contributed by atoms with E-state index in [9.17, 15) is 4.79 Å². The zero-order chi connectivity index (χ0) is 18.3. The number of nitrogens with zero attached hydrogens (tertiary/aromatic N) is 6. The Hall–Kier alpha value is -2.92. The van der Waals surface area contributed by atoms with Crippen LogP contribution >= 0.6 is 22.9 Å². The number of fused-ring (bicyclic) bond motifs is 3. The van der Waals surface area contributed by atoms with Crippen LogP contribution in [0.25, 0.3) is 21.3 Å². The molecule has 0 fully saturated rings. The van der Waals surface area contributed by atoms with E-state index in [4.69, 9.17) is 11.1 Å². The molecule has 4 heterocycles. The molecule has 0 saturated heterocycles. The SMILES string of the molecule is Cn1c2nc(CC(N)=CC=N)sc2c2cnn(Cc3ncns3)c(=O)c21. The summed E-state index contributed by atoms with van der Waals surface area (Å²) in [5, 5.41) is 13.7. The second-order valence-electron chi connectivity index (χ2n) is 5.61. The van der Waals surface area contributed by atoms with Crippen LogP contribution in [0.4, 0.5) is 0 Å². The van der Waals surface area contributed by atoms with E-state index in [1.807, 2.05) is 7.05 Å². The van der Waals surface area contributed by atoms with Crippen molar-refractivity contribution in [2.45, 2.75) is 13.0 Å². The summed E-state index contributed by atoms with van der Waals surface area (Å²) in [4.78, 5) is 21.6. The van der Waals surface area contributed by atoms with E-state index >= 15 is 0 Å². The normalized spacial score (nSPS) is 12.3. The van der Waals surface area contributed by atoms with E-state index in [0.29, 0.717) is 24.2 Å². The highest BCUT2D eigenvalue weighted by Crippen LogP contribution is 2.31. The van der Waals surface area contributed by atoms with Gasteiger partial charge in [-0.25, -0.2) is 14.6 Å². The lowest BCUT2D eigenvalue weighted by Gasteiger charge is -2.03. The van der Waals surface area contributed by atoms with Crippen molar-refractivity contribution in [2.75, 3.05) is 0 Å². The van der Waals surface area contributed by atoms with Gasteiger partial charge in [0.2, 0.25) is 0 Å². The molecule has 0 bridgehead atoms. The standard InChI is InChI=1S/C15H14N8OS2/c1-22-12-9(5-19-23(15(12)24)6-11-18-7-20-26-11)13-14(22)21-10(25-13)4-8(17)2-3-16/h2-3,5,7,16H,4,6,17H2,1H3. The van der Waals surface area contributed by atoms with Gasteiger partial charge in [0.1, 0.15) is 21.9 Å². The summed E-state index contributed by atoms with van der Waals surface area (Å²) < 4.78 is 8.04. The third-order valence-electron chi connectivity index (χ3n) is 3.91. The molecule has 4 aromatic heterocycles. The van der Waals surface area contributed by atoms with Gasteiger partial charge in [-0.05, 0) is 17.6 Å². The lowest BCUT2D eigenvalue weighted by atomic mass is 10.3. The van der Waals surface area contributed by atoms with Crippen LogP contribution < -0.4 is 11.3 Å². The molecule has 26 heavy (non-hydrogen) atoms. The average Bonchev–Trinajstić information content (AvgIpc) is 3.30. The maximum atomic E-state index is 12.8. The summed E-state index contributed by atoms with van der Waals surface area (Å²) in [6.07, 6.45) is 6.32. The molecule has 0 aromatic carbocycles. The summed E-state index contributed by atoms with van der Waals surface area (Å²) in [6, 6.07) is 0. The van der Waals surface area contributed by atoms with Crippen molar-refractivity contribution in [3.63, 3.8) is 0 Å². The maximum Gasteiger partial charge on any atom is 0.291 e. The van der Waals surface area contributed by atoms with Crippen molar-refractivity contribution in [1.82, 2.24) is 28.7 Å². The molecule has 0 atom stereocenters. The van der Waals surface area contributed by atoms with Gasteiger partial charge in [-0.2, -0.15) is 9.47 Å². The largest absolute Gasteiger partial charge is 0.402 e. The number of aryl methyl sites for hydroxylation is 1. The molecule has 0 spiro atoms. The fraction of sp³-hybridized carbons (Fsp3) is 0.200. The van der Waals surface area contributed by atoms with Gasteiger partial charge in [0.25, 0.3) is 5.56 Å².